The van der Waals surface area contributed by atoms with Crippen LogP contribution in [0.2, 0.25) is 10.0 Å². The quantitative estimate of drug-likeness (QED) is 0.678. The zero-order valence-electron chi connectivity index (χ0n) is 12.2. The fraction of sp³-hybridized carbons (Fsp3) is 0.167. The minimum atomic E-state index is -0.481. The number of aromatic nitrogens is 1. The van der Waals surface area contributed by atoms with E-state index in [0.717, 1.165) is 29.3 Å². The summed E-state index contributed by atoms with van der Waals surface area (Å²) in [5.74, 6) is 0.000595. The molecule has 1 aromatic heterocycles. The molecule has 2 N–H and O–H groups in total. The molecule has 1 aliphatic rings. The molecule has 2 aromatic carbocycles. The Morgan fingerprint density at radius 1 is 1.09 bits per heavy atom. The number of halogens is 2. The number of H-pyrrole nitrogens is 1. The zero-order chi connectivity index (χ0) is 16.0. The number of benzene rings is 2. The number of carbonyl (C=O) groups excluding carboxylic acids is 1. The SMILES string of the molecule is O=C(Nc1cccc(Cl)c1)C1(c2c[nH]c3ccc(Cl)cc23)CC1. The van der Waals surface area contributed by atoms with Gasteiger partial charge in [0.25, 0.3) is 0 Å². The molecule has 0 spiro atoms. The number of aromatic amines is 1. The van der Waals surface area contributed by atoms with Crippen molar-refractivity contribution in [2.24, 2.45) is 0 Å². The van der Waals surface area contributed by atoms with Crippen molar-refractivity contribution < 1.29 is 4.79 Å². The molecule has 23 heavy (non-hydrogen) atoms. The van der Waals surface area contributed by atoms with E-state index in [4.69, 9.17) is 23.2 Å². The highest BCUT2D eigenvalue weighted by molar-refractivity contribution is 6.31. The van der Waals surface area contributed by atoms with Crippen LogP contribution in [0.25, 0.3) is 10.9 Å². The maximum absolute atomic E-state index is 12.8. The van der Waals surface area contributed by atoms with Gasteiger partial charge in [0.05, 0.1) is 5.41 Å². The van der Waals surface area contributed by atoms with Crippen LogP contribution in [0.15, 0.2) is 48.7 Å². The number of amides is 1. The van der Waals surface area contributed by atoms with Crippen LogP contribution >= 0.6 is 23.2 Å². The van der Waals surface area contributed by atoms with Crippen LogP contribution in [-0.2, 0) is 10.2 Å². The highest BCUT2D eigenvalue weighted by atomic mass is 35.5. The van der Waals surface area contributed by atoms with Gasteiger partial charge in [0, 0.05) is 32.8 Å². The lowest BCUT2D eigenvalue weighted by Gasteiger charge is -2.15. The van der Waals surface area contributed by atoms with Gasteiger partial charge in [-0.05, 0) is 54.8 Å². The van der Waals surface area contributed by atoms with Crippen molar-refractivity contribution in [1.82, 2.24) is 4.98 Å². The van der Waals surface area contributed by atoms with E-state index < -0.39 is 5.41 Å². The minimum absolute atomic E-state index is 0.000595. The van der Waals surface area contributed by atoms with Gasteiger partial charge < -0.3 is 10.3 Å². The number of rotatable bonds is 3. The summed E-state index contributed by atoms with van der Waals surface area (Å²) in [5, 5.41) is 5.27. The lowest BCUT2D eigenvalue weighted by molar-refractivity contribution is -0.118. The Balaban J connectivity index is 1.69. The predicted molar refractivity (Wildman–Crippen MR) is 94.3 cm³/mol. The summed E-state index contributed by atoms with van der Waals surface area (Å²) in [5.41, 5.74) is 2.23. The van der Waals surface area contributed by atoms with Crippen molar-refractivity contribution in [3.05, 3.63) is 64.3 Å². The molecule has 3 nitrogen and oxygen atoms in total. The van der Waals surface area contributed by atoms with Crippen LogP contribution < -0.4 is 5.32 Å². The minimum Gasteiger partial charge on any atom is -0.361 e. The first kappa shape index (κ1) is 14.6. The summed E-state index contributed by atoms with van der Waals surface area (Å²) >= 11 is 12.1. The maximum atomic E-state index is 12.8. The van der Waals surface area contributed by atoms with E-state index in [1.165, 1.54) is 0 Å². The summed E-state index contributed by atoms with van der Waals surface area (Å²) < 4.78 is 0. The Morgan fingerprint density at radius 2 is 1.87 bits per heavy atom. The normalized spacial score (nSPS) is 15.6. The Labute approximate surface area is 143 Å². The van der Waals surface area contributed by atoms with Crippen molar-refractivity contribution in [2.45, 2.75) is 18.3 Å². The number of anilines is 1. The molecule has 0 atom stereocenters. The molecule has 0 radical (unpaired) electrons. The molecule has 0 saturated heterocycles. The van der Waals surface area contributed by atoms with Crippen LogP contribution in [-0.4, -0.2) is 10.9 Å². The maximum Gasteiger partial charge on any atom is 0.235 e. The third kappa shape index (κ3) is 2.50. The second-order valence-corrected chi connectivity index (χ2v) is 6.81. The van der Waals surface area contributed by atoms with E-state index in [9.17, 15) is 4.79 Å². The molecule has 0 bridgehead atoms. The van der Waals surface area contributed by atoms with Crippen molar-refractivity contribution in [3.63, 3.8) is 0 Å². The highest BCUT2D eigenvalue weighted by Crippen LogP contribution is 2.51. The second kappa shape index (κ2) is 5.29. The number of nitrogens with one attached hydrogen (secondary N) is 2. The van der Waals surface area contributed by atoms with Crippen molar-refractivity contribution >= 4 is 45.7 Å². The molecular weight excluding hydrogens is 331 g/mol. The van der Waals surface area contributed by atoms with Gasteiger partial charge >= 0.3 is 0 Å². The lowest BCUT2D eigenvalue weighted by Crippen LogP contribution is -2.27. The van der Waals surface area contributed by atoms with Crippen molar-refractivity contribution in [3.8, 4) is 0 Å². The summed E-state index contributed by atoms with van der Waals surface area (Å²) in [7, 11) is 0. The monoisotopic (exact) mass is 344 g/mol. The standard InChI is InChI=1S/C18H14Cl2N2O/c19-11-2-1-3-13(8-11)22-17(23)18(6-7-18)15-10-21-16-5-4-12(20)9-14(15)16/h1-5,8-10,21H,6-7H2,(H,22,23). The van der Waals surface area contributed by atoms with E-state index in [1.54, 1.807) is 12.1 Å². The first-order valence-electron chi connectivity index (χ1n) is 7.43. The average Bonchev–Trinajstić information content (AvgIpc) is 3.22. The van der Waals surface area contributed by atoms with Crippen molar-refractivity contribution in [1.29, 1.82) is 0 Å². The van der Waals surface area contributed by atoms with E-state index in [2.05, 4.69) is 10.3 Å². The van der Waals surface area contributed by atoms with Gasteiger partial charge in [-0.2, -0.15) is 0 Å². The Kier molecular flexibility index (Phi) is 3.36. The molecule has 3 aromatic rings. The Morgan fingerprint density at radius 3 is 2.61 bits per heavy atom. The molecule has 1 fully saturated rings. The second-order valence-electron chi connectivity index (χ2n) is 5.94. The molecular formula is C18H14Cl2N2O. The first-order chi connectivity index (χ1) is 11.1. The molecule has 1 saturated carbocycles. The lowest BCUT2D eigenvalue weighted by atomic mass is 9.94. The van der Waals surface area contributed by atoms with Crippen LogP contribution in [0, 0.1) is 0 Å². The third-order valence-corrected chi connectivity index (χ3v) is 4.90. The van der Waals surface area contributed by atoms with E-state index >= 15 is 0 Å². The van der Waals surface area contributed by atoms with Gasteiger partial charge in [0.15, 0.2) is 0 Å². The smallest absolute Gasteiger partial charge is 0.235 e. The molecule has 1 aliphatic carbocycles. The van der Waals surface area contributed by atoms with Crippen LogP contribution in [0.4, 0.5) is 5.69 Å². The van der Waals surface area contributed by atoms with Crippen LogP contribution in [0.3, 0.4) is 0 Å². The topological polar surface area (TPSA) is 44.9 Å². The molecule has 116 valence electrons. The average molecular weight is 345 g/mol. The van der Waals surface area contributed by atoms with Gasteiger partial charge in [-0.1, -0.05) is 29.3 Å². The summed E-state index contributed by atoms with van der Waals surface area (Å²) in [6, 6.07) is 12.9. The molecule has 1 amide bonds. The van der Waals surface area contributed by atoms with Gasteiger partial charge in [-0.25, -0.2) is 0 Å². The van der Waals surface area contributed by atoms with Gasteiger partial charge in [-0.15, -0.1) is 0 Å². The third-order valence-electron chi connectivity index (χ3n) is 4.43. The largest absolute Gasteiger partial charge is 0.361 e. The van der Waals surface area contributed by atoms with E-state index in [-0.39, 0.29) is 5.91 Å². The van der Waals surface area contributed by atoms with Gasteiger partial charge in [0.2, 0.25) is 5.91 Å². The summed E-state index contributed by atoms with van der Waals surface area (Å²) in [4.78, 5) is 16.1. The summed E-state index contributed by atoms with van der Waals surface area (Å²) in [6.45, 7) is 0. The number of hydrogen-bond donors (Lipinski definition) is 2. The number of carbonyl (C=O) groups is 1. The zero-order valence-corrected chi connectivity index (χ0v) is 13.7. The fourth-order valence-corrected chi connectivity index (χ4v) is 3.41. The molecule has 5 heteroatoms. The molecule has 0 aliphatic heterocycles. The van der Waals surface area contributed by atoms with Gasteiger partial charge in [-0.3, -0.25) is 4.79 Å². The summed E-state index contributed by atoms with van der Waals surface area (Å²) in [6.07, 6.45) is 3.59. The number of fused-ring (bicyclic) bond motifs is 1. The van der Waals surface area contributed by atoms with Crippen LogP contribution in [0.5, 0.6) is 0 Å². The molecule has 1 heterocycles. The van der Waals surface area contributed by atoms with Crippen LogP contribution in [0.1, 0.15) is 18.4 Å². The molecule has 0 unspecified atom stereocenters. The molecule has 4 rings (SSSR count). The number of hydrogen-bond acceptors (Lipinski definition) is 1. The Hall–Kier alpha value is -1.97. The van der Waals surface area contributed by atoms with Gasteiger partial charge in [0.1, 0.15) is 0 Å². The first-order valence-corrected chi connectivity index (χ1v) is 8.18. The Bertz CT molecular complexity index is 912. The van der Waals surface area contributed by atoms with E-state index in [1.807, 2.05) is 36.5 Å². The van der Waals surface area contributed by atoms with Crippen molar-refractivity contribution in [2.75, 3.05) is 5.32 Å². The van der Waals surface area contributed by atoms with E-state index in [0.29, 0.717) is 15.7 Å². The fourth-order valence-electron chi connectivity index (χ4n) is 3.05. The predicted octanol–water partition coefficient (Wildman–Crippen LogP) is 5.15. The highest BCUT2D eigenvalue weighted by Gasteiger charge is 2.52.